The molecule has 0 aliphatic carbocycles. The number of nitrogens with one attached hydrogen (secondary N) is 1. The zero-order valence-electron chi connectivity index (χ0n) is 16.6. The lowest BCUT2D eigenvalue weighted by atomic mass is 10.2. The zero-order chi connectivity index (χ0) is 20.1. The summed E-state index contributed by atoms with van der Waals surface area (Å²) in [6, 6.07) is 15.9. The van der Waals surface area contributed by atoms with Gasteiger partial charge in [0.15, 0.2) is 0 Å². The van der Waals surface area contributed by atoms with Crippen LogP contribution >= 0.6 is 0 Å². The number of nitrogens with zero attached hydrogens (tertiary/aromatic N) is 3. The Morgan fingerprint density at radius 2 is 2.17 bits per heavy atom. The van der Waals surface area contributed by atoms with Gasteiger partial charge in [0.05, 0.1) is 11.8 Å². The third kappa shape index (κ3) is 4.66. The van der Waals surface area contributed by atoms with Crippen LogP contribution in [0.3, 0.4) is 0 Å². The molecule has 1 aliphatic rings. The Morgan fingerprint density at radius 1 is 1.31 bits per heavy atom. The van der Waals surface area contributed by atoms with E-state index in [0.29, 0.717) is 18.8 Å². The molecule has 1 fully saturated rings. The quantitative estimate of drug-likeness (QED) is 0.668. The van der Waals surface area contributed by atoms with Crippen LogP contribution in [0, 0.1) is 0 Å². The Balaban J connectivity index is 1.50. The molecule has 3 heterocycles. The van der Waals surface area contributed by atoms with Crippen LogP contribution in [0.2, 0.25) is 0 Å². The molecule has 2 aromatic heterocycles. The summed E-state index contributed by atoms with van der Waals surface area (Å²) in [5.74, 6) is -0.0637. The lowest BCUT2D eigenvalue weighted by Gasteiger charge is -2.23. The van der Waals surface area contributed by atoms with Gasteiger partial charge in [0.1, 0.15) is 11.4 Å². The number of ether oxygens (including phenoxy) is 1. The Bertz CT molecular complexity index is 968. The first-order valence-corrected chi connectivity index (χ1v) is 10.0. The van der Waals surface area contributed by atoms with Crippen molar-refractivity contribution in [3.05, 3.63) is 72.1 Å². The number of benzene rings is 1. The topological polar surface area (TPSA) is 63.1 Å². The summed E-state index contributed by atoms with van der Waals surface area (Å²) in [4.78, 5) is 15.0. The predicted molar refractivity (Wildman–Crippen MR) is 113 cm³/mol. The Morgan fingerprint density at radius 3 is 2.90 bits per heavy atom. The second-order valence-electron chi connectivity index (χ2n) is 7.33. The molecular weight excluding hydrogens is 364 g/mol. The van der Waals surface area contributed by atoms with Crippen LogP contribution in [-0.4, -0.2) is 51.4 Å². The van der Waals surface area contributed by atoms with E-state index in [2.05, 4.69) is 10.2 Å². The molecule has 6 heteroatoms. The van der Waals surface area contributed by atoms with E-state index in [1.807, 2.05) is 83.4 Å². The number of carbonyl (C=O) groups excluding carboxylic acids is 1. The van der Waals surface area contributed by atoms with Crippen molar-refractivity contribution in [3.8, 4) is 11.4 Å². The molecule has 0 radical (unpaired) electrons. The molecular formula is C23H26N4O2. The van der Waals surface area contributed by atoms with Crippen molar-refractivity contribution in [1.29, 1.82) is 0 Å². The van der Waals surface area contributed by atoms with Crippen molar-refractivity contribution >= 4 is 12.0 Å². The highest BCUT2D eigenvalue weighted by Gasteiger charge is 2.24. The van der Waals surface area contributed by atoms with Crippen LogP contribution in [0.15, 0.2) is 60.8 Å². The Kier molecular flexibility index (Phi) is 5.91. The van der Waals surface area contributed by atoms with Crippen LogP contribution in [0.5, 0.6) is 0 Å². The highest BCUT2D eigenvalue weighted by molar-refractivity contribution is 5.93. The van der Waals surface area contributed by atoms with E-state index in [4.69, 9.17) is 4.74 Å². The van der Waals surface area contributed by atoms with Crippen molar-refractivity contribution in [2.75, 3.05) is 19.7 Å². The fourth-order valence-electron chi connectivity index (χ4n) is 3.61. The van der Waals surface area contributed by atoms with Crippen molar-refractivity contribution in [2.24, 2.45) is 7.05 Å². The fraction of sp³-hybridized carbons (Fsp3) is 0.304. The van der Waals surface area contributed by atoms with Crippen LogP contribution in [0.25, 0.3) is 17.5 Å². The van der Waals surface area contributed by atoms with E-state index in [9.17, 15) is 4.79 Å². The molecule has 1 atom stereocenters. The van der Waals surface area contributed by atoms with Gasteiger partial charge in [0, 0.05) is 32.9 Å². The number of amides is 1. The second kappa shape index (κ2) is 8.92. The number of hydrogen-bond donors (Lipinski definition) is 1. The average molecular weight is 390 g/mol. The number of rotatable bonds is 7. The molecule has 1 saturated heterocycles. The Labute approximate surface area is 170 Å². The van der Waals surface area contributed by atoms with E-state index < -0.39 is 0 Å². The number of H-pyrrole nitrogens is 1. The lowest BCUT2D eigenvalue weighted by Crippen LogP contribution is -2.37. The molecule has 0 spiro atoms. The average Bonchev–Trinajstić information content (AvgIpc) is 3.49. The van der Waals surface area contributed by atoms with Crippen molar-refractivity contribution in [1.82, 2.24) is 19.7 Å². The molecule has 1 N–H and O–H groups in total. The van der Waals surface area contributed by atoms with Gasteiger partial charge in [-0.3, -0.25) is 9.89 Å². The van der Waals surface area contributed by atoms with Crippen LogP contribution < -0.4 is 0 Å². The molecule has 0 saturated carbocycles. The van der Waals surface area contributed by atoms with Gasteiger partial charge >= 0.3 is 0 Å². The van der Waals surface area contributed by atoms with Gasteiger partial charge in [-0.1, -0.05) is 42.5 Å². The van der Waals surface area contributed by atoms with E-state index in [1.165, 1.54) is 0 Å². The summed E-state index contributed by atoms with van der Waals surface area (Å²) in [7, 11) is 1.96. The molecule has 1 amide bonds. The summed E-state index contributed by atoms with van der Waals surface area (Å²) < 4.78 is 7.75. The highest BCUT2D eigenvalue weighted by Crippen LogP contribution is 2.19. The summed E-state index contributed by atoms with van der Waals surface area (Å²) in [5.41, 5.74) is 3.34. The smallest absolute Gasteiger partial charge is 0.272 e. The summed E-state index contributed by atoms with van der Waals surface area (Å²) in [5, 5.41) is 7.26. The molecule has 1 aliphatic heterocycles. The minimum Gasteiger partial charge on any atom is -0.376 e. The van der Waals surface area contributed by atoms with Gasteiger partial charge in [-0.15, -0.1) is 0 Å². The van der Waals surface area contributed by atoms with Gasteiger partial charge in [-0.25, -0.2) is 0 Å². The number of hydrogen-bond acceptors (Lipinski definition) is 3. The lowest BCUT2D eigenvalue weighted by molar-refractivity contribution is 0.0549. The molecule has 3 aromatic rings. The Hall–Kier alpha value is -3.12. The largest absolute Gasteiger partial charge is 0.376 e. The van der Waals surface area contributed by atoms with Crippen molar-refractivity contribution in [3.63, 3.8) is 0 Å². The molecule has 4 rings (SSSR count). The fourth-order valence-corrected chi connectivity index (χ4v) is 3.61. The maximum Gasteiger partial charge on any atom is 0.272 e. The summed E-state index contributed by atoms with van der Waals surface area (Å²) >= 11 is 0. The number of aromatic nitrogens is 3. The number of carbonyl (C=O) groups is 1. The maximum absolute atomic E-state index is 13.2. The van der Waals surface area contributed by atoms with Gasteiger partial charge in [-0.05, 0) is 36.6 Å². The summed E-state index contributed by atoms with van der Waals surface area (Å²) in [6.07, 6.45) is 8.16. The third-order valence-electron chi connectivity index (χ3n) is 5.19. The zero-order valence-corrected chi connectivity index (χ0v) is 16.6. The third-order valence-corrected chi connectivity index (χ3v) is 5.19. The van der Waals surface area contributed by atoms with E-state index in [0.717, 1.165) is 36.4 Å². The van der Waals surface area contributed by atoms with E-state index in [1.54, 1.807) is 0 Å². The monoisotopic (exact) mass is 390 g/mol. The van der Waals surface area contributed by atoms with Gasteiger partial charge in [0.2, 0.25) is 0 Å². The van der Waals surface area contributed by atoms with Crippen molar-refractivity contribution in [2.45, 2.75) is 18.9 Å². The minimum absolute atomic E-state index is 0.0637. The second-order valence-corrected chi connectivity index (χ2v) is 7.33. The maximum atomic E-state index is 13.2. The van der Waals surface area contributed by atoms with E-state index >= 15 is 0 Å². The van der Waals surface area contributed by atoms with Crippen molar-refractivity contribution < 1.29 is 9.53 Å². The standard InChI is InChI=1S/C23H26N4O2/c1-26-13-6-12-22(26)20-16-21(25-24-20)23(28)27(17-19-11-7-15-29-19)14-5-10-18-8-3-2-4-9-18/h2-6,8-10,12-13,16,19H,7,11,14-15,17H2,1H3,(H,24,25). The number of aryl methyl sites for hydroxylation is 1. The molecule has 150 valence electrons. The van der Waals surface area contributed by atoms with Crippen LogP contribution in [0.1, 0.15) is 28.9 Å². The molecule has 0 bridgehead atoms. The van der Waals surface area contributed by atoms with Gasteiger partial charge in [0.25, 0.3) is 5.91 Å². The van der Waals surface area contributed by atoms with Gasteiger partial charge in [-0.2, -0.15) is 5.10 Å². The highest BCUT2D eigenvalue weighted by atomic mass is 16.5. The first-order chi connectivity index (χ1) is 14.2. The molecule has 1 aromatic carbocycles. The predicted octanol–water partition coefficient (Wildman–Crippen LogP) is 3.75. The van der Waals surface area contributed by atoms with E-state index in [-0.39, 0.29) is 12.0 Å². The number of aromatic amines is 1. The first kappa shape index (κ1) is 19.2. The van der Waals surface area contributed by atoms with Crippen LogP contribution in [0.4, 0.5) is 0 Å². The summed E-state index contributed by atoms with van der Waals surface area (Å²) in [6.45, 7) is 1.87. The van der Waals surface area contributed by atoms with Crippen LogP contribution in [-0.2, 0) is 11.8 Å². The molecule has 1 unspecified atom stereocenters. The minimum atomic E-state index is -0.0637. The first-order valence-electron chi connectivity index (χ1n) is 10.0. The molecule has 29 heavy (non-hydrogen) atoms. The normalized spacial score (nSPS) is 16.5. The SMILES string of the molecule is Cn1cccc1-c1cc(C(=O)N(CC=Cc2ccccc2)CC2CCCO2)[nH]n1. The molecule has 6 nitrogen and oxygen atoms in total. The van der Waals surface area contributed by atoms with Gasteiger partial charge < -0.3 is 14.2 Å².